The van der Waals surface area contributed by atoms with E-state index in [1.807, 2.05) is 35.2 Å². The van der Waals surface area contributed by atoms with Gasteiger partial charge in [0.15, 0.2) is 5.78 Å². The molecule has 0 bridgehead atoms. The van der Waals surface area contributed by atoms with E-state index < -0.39 is 0 Å². The van der Waals surface area contributed by atoms with Gasteiger partial charge in [-0.1, -0.05) is 36.8 Å². The van der Waals surface area contributed by atoms with E-state index in [9.17, 15) is 14.4 Å². The standard InChI is InChI=1S/C31H38N4O4/c1-22-6-5-16-35(17-15-22)31(38)25-13-11-23(12-14-25)7-4-10-29(36)27-19-28(34-21-33-27)30(37)32-20-24-8-3-9-26(18-24)39-2/h3,8-9,11,13,18-19,21-22H,4-7,10,12,14-17,20H2,1-2H3,(H,32,37)/t22-/m0/s1. The Kier molecular flexibility index (Phi) is 10.00. The zero-order chi connectivity index (χ0) is 27.6. The second-order valence-corrected chi connectivity index (χ2v) is 10.4. The average molecular weight is 531 g/mol. The predicted octanol–water partition coefficient (Wildman–Crippen LogP) is 5.06. The number of carbonyl (C=O) groups is 3. The van der Waals surface area contributed by atoms with Crippen LogP contribution in [-0.2, 0) is 11.3 Å². The number of carbonyl (C=O) groups excluding carboxylic acids is 3. The summed E-state index contributed by atoms with van der Waals surface area (Å²) in [7, 11) is 1.59. The number of amides is 2. The lowest BCUT2D eigenvalue weighted by atomic mass is 9.93. The van der Waals surface area contributed by atoms with E-state index in [0.717, 1.165) is 56.3 Å². The molecule has 1 fully saturated rings. The minimum atomic E-state index is -0.367. The number of benzene rings is 1. The Morgan fingerprint density at radius 1 is 1.05 bits per heavy atom. The molecule has 1 saturated heterocycles. The summed E-state index contributed by atoms with van der Waals surface area (Å²) in [5.74, 6) is 1.11. The number of methoxy groups -OCH3 is 1. The molecule has 2 aliphatic rings. The molecule has 1 aliphatic carbocycles. The summed E-state index contributed by atoms with van der Waals surface area (Å²) < 4.78 is 5.21. The molecular weight excluding hydrogens is 492 g/mol. The number of Topliss-reactive ketones (excluding diaryl/α,β-unsaturated/α-hetero) is 1. The van der Waals surface area contributed by atoms with E-state index in [-0.39, 0.29) is 29.0 Å². The summed E-state index contributed by atoms with van der Waals surface area (Å²) in [4.78, 5) is 48.4. The van der Waals surface area contributed by atoms with Crippen molar-refractivity contribution in [1.29, 1.82) is 0 Å². The largest absolute Gasteiger partial charge is 0.497 e. The molecule has 2 heterocycles. The Morgan fingerprint density at radius 3 is 2.69 bits per heavy atom. The van der Waals surface area contributed by atoms with Crippen LogP contribution < -0.4 is 10.1 Å². The van der Waals surface area contributed by atoms with Crippen molar-refractivity contribution >= 4 is 17.6 Å². The van der Waals surface area contributed by atoms with Gasteiger partial charge in [0.25, 0.3) is 5.91 Å². The second-order valence-electron chi connectivity index (χ2n) is 10.4. The minimum Gasteiger partial charge on any atom is -0.497 e. The Bertz CT molecular complexity index is 1250. The van der Waals surface area contributed by atoms with Crippen LogP contribution in [0.1, 0.15) is 84.8 Å². The highest BCUT2D eigenvalue weighted by Gasteiger charge is 2.22. The first-order valence-corrected chi connectivity index (χ1v) is 13.9. The average Bonchev–Trinajstić information content (AvgIpc) is 3.20. The monoisotopic (exact) mass is 530 g/mol. The molecule has 1 aromatic carbocycles. The number of likely N-dealkylation sites (tertiary alicyclic amines) is 1. The number of nitrogens with one attached hydrogen (secondary N) is 1. The van der Waals surface area contributed by atoms with Crippen molar-refractivity contribution in [3.63, 3.8) is 0 Å². The van der Waals surface area contributed by atoms with E-state index in [2.05, 4.69) is 28.3 Å². The fourth-order valence-electron chi connectivity index (χ4n) is 5.03. The van der Waals surface area contributed by atoms with Crippen LogP contribution in [0.2, 0.25) is 0 Å². The summed E-state index contributed by atoms with van der Waals surface area (Å²) in [5.41, 5.74) is 3.45. The quantitative estimate of drug-likeness (QED) is 0.431. The lowest BCUT2D eigenvalue weighted by molar-refractivity contribution is -0.127. The molecule has 1 N–H and O–H groups in total. The highest BCUT2D eigenvalue weighted by atomic mass is 16.5. The SMILES string of the molecule is COc1cccc(CNC(=O)c2cc(C(=O)CCCC3=CC=C(C(=O)N4CCC[C@H](C)CC4)CC3)ncn2)c1. The van der Waals surface area contributed by atoms with E-state index in [0.29, 0.717) is 31.1 Å². The summed E-state index contributed by atoms with van der Waals surface area (Å²) in [6.45, 7) is 4.29. The molecule has 0 radical (unpaired) electrons. The van der Waals surface area contributed by atoms with Crippen molar-refractivity contribution in [1.82, 2.24) is 20.2 Å². The Labute approximate surface area is 230 Å². The molecule has 1 atom stereocenters. The van der Waals surface area contributed by atoms with Crippen molar-refractivity contribution in [3.05, 3.63) is 76.9 Å². The van der Waals surface area contributed by atoms with Crippen molar-refractivity contribution in [2.45, 2.75) is 64.8 Å². The van der Waals surface area contributed by atoms with Crippen LogP contribution in [0.4, 0.5) is 0 Å². The number of allylic oxidation sites excluding steroid dienone is 3. The third-order valence-electron chi connectivity index (χ3n) is 7.49. The maximum Gasteiger partial charge on any atom is 0.270 e. The molecule has 1 aliphatic heterocycles. The summed E-state index contributed by atoms with van der Waals surface area (Å²) in [5, 5.41) is 2.82. The smallest absolute Gasteiger partial charge is 0.270 e. The summed E-state index contributed by atoms with van der Waals surface area (Å²) in [6.07, 6.45) is 12.1. The van der Waals surface area contributed by atoms with Crippen LogP contribution in [0.3, 0.4) is 0 Å². The van der Waals surface area contributed by atoms with E-state index in [1.165, 1.54) is 24.4 Å². The Hall–Kier alpha value is -3.81. The van der Waals surface area contributed by atoms with Crippen LogP contribution >= 0.6 is 0 Å². The number of nitrogens with zero attached hydrogens (tertiary/aromatic N) is 3. The lowest BCUT2D eigenvalue weighted by Gasteiger charge is -2.23. The van der Waals surface area contributed by atoms with Gasteiger partial charge >= 0.3 is 0 Å². The van der Waals surface area contributed by atoms with Crippen molar-refractivity contribution in [2.24, 2.45) is 5.92 Å². The number of aromatic nitrogens is 2. The van der Waals surface area contributed by atoms with Gasteiger partial charge in [-0.15, -0.1) is 0 Å². The third kappa shape index (κ3) is 8.09. The van der Waals surface area contributed by atoms with Crippen LogP contribution in [0, 0.1) is 5.92 Å². The molecule has 206 valence electrons. The van der Waals surface area contributed by atoms with Crippen LogP contribution in [-0.4, -0.2) is 52.7 Å². The van der Waals surface area contributed by atoms with Gasteiger partial charge in [0.05, 0.1) is 7.11 Å². The Morgan fingerprint density at radius 2 is 1.90 bits per heavy atom. The minimum absolute atomic E-state index is 0.113. The van der Waals surface area contributed by atoms with Gasteiger partial charge in [0, 0.05) is 31.6 Å². The highest BCUT2D eigenvalue weighted by molar-refractivity contribution is 5.98. The normalized spacial score (nSPS) is 17.5. The molecule has 0 saturated carbocycles. The number of rotatable bonds is 10. The number of hydrogen-bond donors (Lipinski definition) is 1. The first kappa shape index (κ1) is 28.2. The fraction of sp³-hybridized carbons (Fsp3) is 0.452. The molecule has 4 rings (SSSR count). The molecule has 0 spiro atoms. The maximum atomic E-state index is 12.9. The van der Waals surface area contributed by atoms with E-state index in [4.69, 9.17) is 4.74 Å². The van der Waals surface area contributed by atoms with Crippen LogP contribution in [0.25, 0.3) is 0 Å². The zero-order valence-electron chi connectivity index (χ0n) is 22.9. The summed E-state index contributed by atoms with van der Waals surface area (Å²) in [6, 6.07) is 8.89. The van der Waals surface area contributed by atoms with Gasteiger partial charge in [-0.2, -0.15) is 0 Å². The molecule has 8 heteroatoms. The van der Waals surface area contributed by atoms with E-state index in [1.54, 1.807) is 7.11 Å². The van der Waals surface area contributed by atoms with Crippen molar-refractivity contribution in [2.75, 3.05) is 20.2 Å². The molecule has 0 unspecified atom stereocenters. The number of ether oxygens (including phenoxy) is 1. The Balaban J connectivity index is 1.24. The van der Waals surface area contributed by atoms with Gasteiger partial charge in [-0.3, -0.25) is 14.4 Å². The van der Waals surface area contributed by atoms with E-state index >= 15 is 0 Å². The molecule has 39 heavy (non-hydrogen) atoms. The number of hydrogen-bond acceptors (Lipinski definition) is 6. The van der Waals surface area contributed by atoms with Crippen LogP contribution in [0.15, 0.2) is 60.0 Å². The highest BCUT2D eigenvalue weighted by Crippen LogP contribution is 2.26. The van der Waals surface area contributed by atoms with Gasteiger partial charge < -0.3 is 15.0 Å². The van der Waals surface area contributed by atoms with Crippen molar-refractivity contribution in [3.8, 4) is 5.75 Å². The fourth-order valence-corrected chi connectivity index (χ4v) is 5.03. The molecule has 8 nitrogen and oxygen atoms in total. The molecule has 1 aromatic heterocycles. The zero-order valence-corrected chi connectivity index (χ0v) is 22.9. The van der Waals surface area contributed by atoms with Gasteiger partial charge in [0.1, 0.15) is 23.5 Å². The van der Waals surface area contributed by atoms with Crippen molar-refractivity contribution < 1.29 is 19.1 Å². The third-order valence-corrected chi connectivity index (χ3v) is 7.49. The van der Waals surface area contributed by atoms with Gasteiger partial charge in [-0.25, -0.2) is 9.97 Å². The first-order valence-electron chi connectivity index (χ1n) is 13.9. The predicted molar refractivity (Wildman–Crippen MR) is 149 cm³/mol. The van der Waals surface area contributed by atoms with Crippen LogP contribution in [0.5, 0.6) is 5.75 Å². The first-order chi connectivity index (χ1) is 18.9. The molecule has 2 amide bonds. The number of ketones is 1. The lowest BCUT2D eigenvalue weighted by Crippen LogP contribution is -2.33. The molecular formula is C31H38N4O4. The molecule has 2 aromatic rings. The van der Waals surface area contributed by atoms with Gasteiger partial charge in [0.2, 0.25) is 5.91 Å². The van der Waals surface area contributed by atoms with Gasteiger partial charge in [-0.05, 0) is 74.6 Å². The topological polar surface area (TPSA) is 101 Å². The maximum absolute atomic E-state index is 12.9. The second kappa shape index (κ2) is 13.8. The summed E-state index contributed by atoms with van der Waals surface area (Å²) >= 11 is 0.